The van der Waals surface area contributed by atoms with Crippen LogP contribution in [0.5, 0.6) is 0 Å². The molecule has 1 aromatic rings. The minimum atomic E-state index is -3.68. The third-order valence-electron chi connectivity index (χ3n) is 2.89. The molecule has 0 unspecified atom stereocenters. The smallest absolute Gasteiger partial charge is 0.238 e. The van der Waals surface area contributed by atoms with E-state index < -0.39 is 10.0 Å². The van der Waals surface area contributed by atoms with Gasteiger partial charge in [0, 0.05) is 18.8 Å². The monoisotopic (exact) mass is 287 g/mol. The molecule has 2 rings (SSSR count). The van der Waals surface area contributed by atoms with E-state index in [0.717, 1.165) is 36.7 Å². The Bertz CT molecular complexity index is 523. The van der Waals surface area contributed by atoms with E-state index in [4.69, 9.17) is 10.9 Å². The molecule has 5 nitrogen and oxygen atoms in total. The molecule has 0 atom stereocenters. The molecule has 1 fully saturated rings. The number of hydrogen-bond donors (Lipinski definition) is 2. The van der Waals surface area contributed by atoms with Crippen molar-refractivity contribution >= 4 is 33.2 Å². The summed E-state index contributed by atoms with van der Waals surface area (Å²) in [4.78, 5) is 2.24. The second-order valence-electron chi connectivity index (χ2n) is 4.22. The molecular weight excluding hydrogens is 270 g/mol. The number of nitrogen functional groups attached to an aromatic ring is 1. The fourth-order valence-corrected chi connectivity index (χ4v) is 3.38. The number of nitrogens with zero attached hydrogens (tertiary/aromatic N) is 1. The summed E-state index contributed by atoms with van der Waals surface area (Å²) >= 11 is 1.90. The number of nitrogens with two attached hydrogens (primary N) is 2. The van der Waals surface area contributed by atoms with E-state index >= 15 is 0 Å². The van der Waals surface area contributed by atoms with Crippen molar-refractivity contribution in [1.82, 2.24) is 0 Å². The van der Waals surface area contributed by atoms with Gasteiger partial charge in [0.1, 0.15) is 0 Å². The highest BCUT2D eigenvalue weighted by Crippen LogP contribution is 2.28. The maximum Gasteiger partial charge on any atom is 0.238 e. The van der Waals surface area contributed by atoms with Crippen LogP contribution in [0, 0.1) is 0 Å². The standard InChI is InChI=1S/C11H17N3O2S2/c12-10-3-2-9(18(13,15)16)8-11(10)14-4-1-6-17-7-5-14/h2-3,8H,1,4-7,12H2,(H2,13,15,16). The van der Waals surface area contributed by atoms with Crippen molar-refractivity contribution in [2.45, 2.75) is 11.3 Å². The van der Waals surface area contributed by atoms with Gasteiger partial charge in [-0.2, -0.15) is 11.8 Å². The minimum absolute atomic E-state index is 0.114. The van der Waals surface area contributed by atoms with Crippen LogP contribution in [0.25, 0.3) is 0 Å². The molecule has 1 aliphatic heterocycles. The molecule has 1 saturated heterocycles. The van der Waals surface area contributed by atoms with Crippen LogP contribution in [0.3, 0.4) is 0 Å². The molecule has 0 aromatic heterocycles. The van der Waals surface area contributed by atoms with Crippen molar-refractivity contribution in [3.8, 4) is 0 Å². The largest absolute Gasteiger partial charge is 0.397 e. The molecule has 0 bridgehead atoms. The van der Waals surface area contributed by atoms with Crippen LogP contribution in [0.4, 0.5) is 11.4 Å². The van der Waals surface area contributed by atoms with Crippen molar-refractivity contribution in [3.05, 3.63) is 18.2 Å². The lowest BCUT2D eigenvalue weighted by Crippen LogP contribution is -2.26. The molecule has 4 N–H and O–H groups in total. The zero-order chi connectivity index (χ0) is 13.2. The third kappa shape index (κ3) is 3.09. The Morgan fingerprint density at radius 2 is 2.00 bits per heavy atom. The summed E-state index contributed by atoms with van der Waals surface area (Å²) < 4.78 is 22.7. The summed E-state index contributed by atoms with van der Waals surface area (Å²) in [7, 11) is -3.68. The van der Waals surface area contributed by atoms with E-state index in [1.165, 1.54) is 6.07 Å². The number of benzene rings is 1. The predicted octanol–water partition coefficient (Wildman–Crippen LogP) is 0.859. The van der Waals surface area contributed by atoms with E-state index in [1.807, 2.05) is 11.8 Å². The molecule has 0 amide bonds. The van der Waals surface area contributed by atoms with Gasteiger partial charge in [-0.05, 0) is 30.4 Å². The summed E-state index contributed by atoms with van der Waals surface area (Å²) in [6.45, 7) is 1.77. The third-order valence-corrected chi connectivity index (χ3v) is 4.85. The quantitative estimate of drug-likeness (QED) is 0.787. The summed E-state index contributed by atoms with van der Waals surface area (Å²) in [5, 5.41) is 5.14. The zero-order valence-electron chi connectivity index (χ0n) is 10.0. The normalized spacial score (nSPS) is 17.5. The lowest BCUT2D eigenvalue weighted by atomic mass is 10.2. The molecule has 0 radical (unpaired) electrons. The van der Waals surface area contributed by atoms with E-state index in [1.54, 1.807) is 12.1 Å². The van der Waals surface area contributed by atoms with Crippen LogP contribution in [0.2, 0.25) is 0 Å². The number of primary sulfonamides is 1. The Labute approximate surface area is 112 Å². The summed E-state index contributed by atoms with van der Waals surface area (Å²) in [6.07, 6.45) is 1.07. The maximum absolute atomic E-state index is 11.4. The first-order chi connectivity index (χ1) is 8.48. The van der Waals surface area contributed by atoms with Crippen LogP contribution >= 0.6 is 11.8 Å². The van der Waals surface area contributed by atoms with Gasteiger partial charge in [0.05, 0.1) is 16.3 Å². The molecule has 7 heteroatoms. The van der Waals surface area contributed by atoms with E-state index in [0.29, 0.717) is 5.69 Å². The van der Waals surface area contributed by atoms with Gasteiger partial charge >= 0.3 is 0 Å². The molecule has 1 aliphatic rings. The van der Waals surface area contributed by atoms with Gasteiger partial charge in [0.2, 0.25) is 10.0 Å². The van der Waals surface area contributed by atoms with E-state index in [9.17, 15) is 8.42 Å². The average molecular weight is 287 g/mol. The molecular formula is C11H17N3O2S2. The second-order valence-corrected chi connectivity index (χ2v) is 7.00. The first-order valence-electron chi connectivity index (χ1n) is 5.73. The Kier molecular flexibility index (Phi) is 4.04. The van der Waals surface area contributed by atoms with Crippen molar-refractivity contribution < 1.29 is 8.42 Å². The number of rotatable bonds is 2. The van der Waals surface area contributed by atoms with Crippen LogP contribution < -0.4 is 15.8 Å². The number of hydrogen-bond acceptors (Lipinski definition) is 5. The Hall–Kier alpha value is -0.920. The number of thioether (sulfide) groups is 1. The van der Waals surface area contributed by atoms with Crippen LogP contribution in [0.1, 0.15) is 6.42 Å². The Morgan fingerprint density at radius 3 is 2.72 bits per heavy atom. The van der Waals surface area contributed by atoms with Crippen molar-refractivity contribution in [2.75, 3.05) is 35.2 Å². The lowest BCUT2D eigenvalue weighted by molar-refractivity contribution is 0.598. The highest BCUT2D eigenvalue weighted by Gasteiger charge is 2.16. The van der Waals surface area contributed by atoms with Crippen molar-refractivity contribution in [2.24, 2.45) is 5.14 Å². The first kappa shape index (κ1) is 13.5. The first-order valence-corrected chi connectivity index (χ1v) is 8.43. The Balaban J connectivity index is 2.36. The van der Waals surface area contributed by atoms with Crippen LogP contribution in [-0.2, 0) is 10.0 Å². The molecule has 18 heavy (non-hydrogen) atoms. The topological polar surface area (TPSA) is 89.4 Å². The molecule has 0 saturated carbocycles. The van der Waals surface area contributed by atoms with Gasteiger partial charge in [-0.1, -0.05) is 0 Å². The summed E-state index contributed by atoms with van der Waals surface area (Å²) in [5.41, 5.74) is 7.29. The fraction of sp³-hybridized carbons (Fsp3) is 0.455. The van der Waals surface area contributed by atoms with Crippen molar-refractivity contribution in [3.63, 3.8) is 0 Å². The number of anilines is 2. The zero-order valence-corrected chi connectivity index (χ0v) is 11.6. The van der Waals surface area contributed by atoms with Gasteiger partial charge < -0.3 is 10.6 Å². The highest BCUT2D eigenvalue weighted by molar-refractivity contribution is 7.99. The molecule has 0 spiro atoms. The van der Waals surface area contributed by atoms with E-state index in [2.05, 4.69) is 4.90 Å². The summed E-state index contributed by atoms with van der Waals surface area (Å²) in [5.74, 6) is 2.16. The lowest BCUT2D eigenvalue weighted by Gasteiger charge is -2.24. The van der Waals surface area contributed by atoms with Crippen LogP contribution in [-0.4, -0.2) is 33.0 Å². The summed E-state index contributed by atoms with van der Waals surface area (Å²) in [6, 6.07) is 4.62. The van der Waals surface area contributed by atoms with Gasteiger partial charge in [-0.3, -0.25) is 0 Å². The molecule has 1 aromatic carbocycles. The second kappa shape index (κ2) is 5.38. The minimum Gasteiger partial charge on any atom is -0.397 e. The maximum atomic E-state index is 11.4. The van der Waals surface area contributed by atoms with E-state index in [-0.39, 0.29) is 4.90 Å². The van der Waals surface area contributed by atoms with Crippen LogP contribution in [0.15, 0.2) is 23.1 Å². The molecule has 1 heterocycles. The van der Waals surface area contributed by atoms with Crippen molar-refractivity contribution in [1.29, 1.82) is 0 Å². The van der Waals surface area contributed by atoms with Gasteiger partial charge in [0.25, 0.3) is 0 Å². The van der Waals surface area contributed by atoms with Gasteiger partial charge in [-0.25, -0.2) is 13.6 Å². The molecule has 0 aliphatic carbocycles. The van der Waals surface area contributed by atoms with Gasteiger partial charge in [0.15, 0.2) is 0 Å². The fourth-order valence-electron chi connectivity index (χ4n) is 1.96. The van der Waals surface area contributed by atoms with Gasteiger partial charge in [-0.15, -0.1) is 0 Å². The predicted molar refractivity (Wildman–Crippen MR) is 76.4 cm³/mol. The highest BCUT2D eigenvalue weighted by atomic mass is 32.2. The average Bonchev–Trinajstić information content (AvgIpc) is 2.56. The Morgan fingerprint density at radius 1 is 1.22 bits per heavy atom. The molecule has 100 valence electrons. The SMILES string of the molecule is Nc1ccc(S(N)(=O)=O)cc1N1CCCSCC1. The number of sulfonamides is 1.